The summed E-state index contributed by atoms with van der Waals surface area (Å²) in [6, 6.07) is 0. The summed E-state index contributed by atoms with van der Waals surface area (Å²) in [5.74, 6) is 0.224. The first kappa shape index (κ1) is 12.4. The van der Waals surface area contributed by atoms with Crippen molar-refractivity contribution in [3.05, 3.63) is 32.3 Å². The van der Waals surface area contributed by atoms with Gasteiger partial charge >= 0.3 is 0 Å². The zero-order valence-electron chi connectivity index (χ0n) is 9.99. The molecule has 0 amide bonds. The lowest BCUT2D eigenvalue weighted by atomic mass is 9.91. The van der Waals surface area contributed by atoms with E-state index in [4.69, 9.17) is 0 Å². The summed E-state index contributed by atoms with van der Waals surface area (Å²) in [6.45, 7) is 10.0. The molecule has 1 aromatic carbocycles. The van der Waals surface area contributed by atoms with E-state index in [0.717, 1.165) is 0 Å². The lowest BCUT2D eigenvalue weighted by Crippen LogP contribution is -2.05. The Morgan fingerprint density at radius 1 is 1.00 bits per heavy atom. The highest BCUT2D eigenvalue weighted by molar-refractivity contribution is 9.10. The molecule has 0 saturated carbocycles. The van der Waals surface area contributed by atoms with Gasteiger partial charge in [-0.25, -0.2) is 0 Å². The van der Waals surface area contributed by atoms with Gasteiger partial charge in [0.05, 0.1) is 0 Å². The minimum Gasteiger partial charge on any atom is -0.300 e. The van der Waals surface area contributed by atoms with Gasteiger partial charge in [-0.2, -0.15) is 0 Å². The van der Waals surface area contributed by atoms with Gasteiger partial charge < -0.3 is 0 Å². The van der Waals surface area contributed by atoms with Gasteiger partial charge in [0, 0.05) is 10.9 Å². The third-order valence-electron chi connectivity index (χ3n) is 3.11. The van der Waals surface area contributed by atoms with E-state index in [2.05, 4.69) is 43.6 Å². The summed E-state index contributed by atoms with van der Waals surface area (Å²) >= 11 is 3.60. The Balaban J connectivity index is 3.45. The third kappa shape index (κ3) is 2.31. The Hall–Kier alpha value is -0.630. The minimum absolute atomic E-state index is 0.224. The first-order chi connectivity index (χ1) is 6.86. The van der Waals surface area contributed by atoms with Crippen molar-refractivity contribution in [2.75, 3.05) is 0 Å². The Kier molecular flexibility index (Phi) is 3.72. The van der Waals surface area contributed by atoms with E-state index < -0.39 is 0 Å². The molecule has 0 radical (unpaired) electrons. The standard InChI is InChI=1S/C13H17BrO/c1-7(15)6-12-8(2)10(4)13(14)11(5)9(12)3/h6H2,1-5H3. The molecule has 1 rings (SSSR count). The topological polar surface area (TPSA) is 17.1 Å². The van der Waals surface area contributed by atoms with Crippen molar-refractivity contribution in [1.29, 1.82) is 0 Å². The lowest BCUT2D eigenvalue weighted by Gasteiger charge is -2.16. The van der Waals surface area contributed by atoms with Crippen LogP contribution in [0, 0.1) is 27.7 Å². The summed E-state index contributed by atoms with van der Waals surface area (Å²) < 4.78 is 1.17. The van der Waals surface area contributed by atoms with Gasteiger partial charge in [-0.05, 0) is 62.4 Å². The van der Waals surface area contributed by atoms with Gasteiger partial charge in [-0.1, -0.05) is 15.9 Å². The molecule has 0 bridgehead atoms. The van der Waals surface area contributed by atoms with E-state index in [1.165, 1.54) is 32.3 Å². The summed E-state index contributed by atoms with van der Waals surface area (Å²) in [5, 5.41) is 0. The van der Waals surface area contributed by atoms with Gasteiger partial charge in [0.1, 0.15) is 5.78 Å². The molecule has 0 spiro atoms. The van der Waals surface area contributed by atoms with E-state index in [1.807, 2.05) is 0 Å². The molecule has 0 saturated heterocycles. The maximum absolute atomic E-state index is 11.2. The van der Waals surface area contributed by atoms with Crippen molar-refractivity contribution in [1.82, 2.24) is 0 Å². The van der Waals surface area contributed by atoms with Gasteiger partial charge in [0.25, 0.3) is 0 Å². The summed E-state index contributed by atoms with van der Waals surface area (Å²) in [4.78, 5) is 11.2. The third-order valence-corrected chi connectivity index (χ3v) is 4.30. The van der Waals surface area contributed by atoms with E-state index in [-0.39, 0.29) is 5.78 Å². The fourth-order valence-corrected chi connectivity index (χ4v) is 2.45. The first-order valence-electron chi connectivity index (χ1n) is 5.10. The van der Waals surface area contributed by atoms with Crippen LogP contribution >= 0.6 is 15.9 Å². The maximum Gasteiger partial charge on any atom is 0.134 e. The highest BCUT2D eigenvalue weighted by Crippen LogP contribution is 2.30. The predicted molar refractivity (Wildman–Crippen MR) is 67.5 cm³/mol. The highest BCUT2D eigenvalue weighted by Gasteiger charge is 2.13. The van der Waals surface area contributed by atoms with Gasteiger partial charge in [-0.3, -0.25) is 4.79 Å². The number of rotatable bonds is 2. The van der Waals surface area contributed by atoms with Crippen LogP contribution in [-0.4, -0.2) is 5.78 Å². The molecular weight excluding hydrogens is 252 g/mol. The second-order valence-electron chi connectivity index (χ2n) is 4.17. The van der Waals surface area contributed by atoms with E-state index >= 15 is 0 Å². The SMILES string of the molecule is CC(=O)Cc1c(C)c(C)c(Br)c(C)c1C. The van der Waals surface area contributed by atoms with Crippen molar-refractivity contribution in [2.24, 2.45) is 0 Å². The molecule has 0 N–H and O–H groups in total. The highest BCUT2D eigenvalue weighted by atomic mass is 79.9. The second kappa shape index (κ2) is 4.48. The van der Waals surface area contributed by atoms with Crippen molar-refractivity contribution >= 4 is 21.7 Å². The smallest absolute Gasteiger partial charge is 0.134 e. The molecule has 1 nitrogen and oxygen atoms in total. The normalized spacial score (nSPS) is 10.5. The largest absolute Gasteiger partial charge is 0.300 e. The molecule has 0 aliphatic heterocycles. The van der Waals surface area contributed by atoms with Crippen molar-refractivity contribution in [2.45, 2.75) is 41.0 Å². The quantitative estimate of drug-likeness (QED) is 0.797. The number of Topliss-reactive ketones (excluding diaryl/α,β-unsaturated/α-hetero) is 1. The molecular formula is C13H17BrO. The molecule has 0 aliphatic rings. The van der Waals surface area contributed by atoms with Crippen LogP contribution in [0.1, 0.15) is 34.7 Å². The molecule has 0 unspecified atom stereocenters. The summed E-state index contributed by atoms with van der Waals surface area (Å²) in [5.41, 5.74) is 6.16. The van der Waals surface area contributed by atoms with Crippen LogP contribution in [0.4, 0.5) is 0 Å². The van der Waals surface area contributed by atoms with Gasteiger partial charge in [0.2, 0.25) is 0 Å². The molecule has 0 fully saturated rings. The molecule has 2 heteroatoms. The van der Waals surface area contributed by atoms with Crippen LogP contribution in [0.2, 0.25) is 0 Å². The van der Waals surface area contributed by atoms with E-state index in [0.29, 0.717) is 6.42 Å². The Morgan fingerprint density at radius 2 is 1.40 bits per heavy atom. The van der Waals surface area contributed by atoms with Crippen LogP contribution in [0.15, 0.2) is 4.47 Å². The monoisotopic (exact) mass is 268 g/mol. The number of benzene rings is 1. The number of hydrogen-bond donors (Lipinski definition) is 0. The molecule has 15 heavy (non-hydrogen) atoms. The zero-order valence-corrected chi connectivity index (χ0v) is 11.6. The Morgan fingerprint density at radius 3 is 1.73 bits per heavy atom. The summed E-state index contributed by atoms with van der Waals surface area (Å²) in [6.07, 6.45) is 0.548. The van der Waals surface area contributed by atoms with Gasteiger partial charge in [0.15, 0.2) is 0 Å². The number of carbonyl (C=O) groups excluding carboxylic acids is 1. The molecule has 0 heterocycles. The Labute approximate surface area is 100 Å². The zero-order chi connectivity index (χ0) is 11.7. The van der Waals surface area contributed by atoms with Crippen LogP contribution in [0.5, 0.6) is 0 Å². The molecule has 0 aromatic heterocycles. The van der Waals surface area contributed by atoms with Crippen molar-refractivity contribution in [3.8, 4) is 0 Å². The average molecular weight is 269 g/mol. The number of ketones is 1. The van der Waals surface area contributed by atoms with Crippen LogP contribution in [-0.2, 0) is 11.2 Å². The fraction of sp³-hybridized carbons (Fsp3) is 0.462. The van der Waals surface area contributed by atoms with E-state index in [9.17, 15) is 4.79 Å². The molecule has 1 aromatic rings. The van der Waals surface area contributed by atoms with Crippen LogP contribution in [0.3, 0.4) is 0 Å². The maximum atomic E-state index is 11.2. The minimum atomic E-state index is 0.224. The molecule has 0 atom stereocenters. The Bertz CT molecular complexity index is 390. The second-order valence-corrected chi connectivity index (χ2v) is 4.96. The fourth-order valence-electron chi connectivity index (χ4n) is 1.86. The van der Waals surface area contributed by atoms with E-state index in [1.54, 1.807) is 6.92 Å². The first-order valence-corrected chi connectivity index (χ1v) is 5.89. The lowest BCUT2D eigenvalue weighted by molar-refractivity contribution is -0.116. The van der Waals surface area contributed by atoms with Crippen molar-refractivity contribution < 1.29 is 4.79 Å². The van der Waals surface area contributed by atoms with Crippen LogP contribution in [0.25, 0.3) is 0 Å². The molecule has 82 valence electrons. The van der Waals surface area contributed by atoms with Crippen molar-refractivity contribution in [3.63, 3.8) is 0 Å². The van der Waals surface area contributed by atoms with Crippen LogP contribution < -0.4 is 0 Å². The average Bonchev–Trinajstić information content (AvgIpc) is 2.18. The number of carbonyl (C=O) groups is 1. The van der Waals surface area contributed by atoms with Gasteiger partial charge in [-0.15, -0.1) is 0 Å². The number of halogens is 1. The predicted octanol–water partition coefficient (Wildman–Crippen LogP) is 3.81. The number of hydrogen-bond acceptors (Lipinski definition) is 1. The molecule has 0 aliphatic carbocycles. The summed E-state index contributed by atoms with van der Waals surface area (Å²) in [7, 11) is 0.